The third kappa shape index (κ3) is 3.57. The molecule has 4 rings (SSSR count). The van der Waals surface area contributed by atoms with E-state index in [2.05, 4.69) is 46.4 Å². The smallest absolute Gasteiger partial charge is 0.321 e. The molecule has 2 aromatic rings. The molecule has 0 radical (unpaired) electrons. The summed E-state index contributed by atoms with van der Waals surface area (Å²) in [6.45, 7) is 4.20. The molecule has 0 atom stereocenters. The summed E-state index contributed by atoms with van der Waals surface area (Å²) in [7, 11) is 3.73. The van der Waals surface area contributed by atoms with E-state index >= 15 is 0 Å². The van der Waals surface area contributed by atoms with Gasteiger partial charge in [-0.3, -0.25) is 0 Å². The average molecular weight is 366 g/mol. The van der Waals surface area contributed by atoms with Crippen LogP contribution in [0.1, 0.15) is 5.56 Å². The van der Waals surface area contributed by atoms with Crippen LogP contribution in [-0.4, -0.2) is 62.7 Å². The molecule has 0 saturated carbocycles. The zero-order valence-electron chi connectivity index (χ0n) is 15.9. The number of carbonyl (C=O) groups is 1. The van der Waals surface area contributed by atoms with Gasteiger partial charge in [-0.15, -0.1) is 0 Å². The minimum atomic E-state index is -0.0508. The first-order valence-electron chi connectivity index (χ1n) is 9.43. The summed E-state index contributed by atoms with van der Waals surface area (Å²) in [5.74, 6) is 0.736. The zero-order valence-corrected chi connectivity index (χ0v) is 15.9. The second-order valence-corrected chi connectivity index (χ2v) is 7.13. The molecule has 2 aromatic carbocycles. The Hall–Kier alpha value is -2.73. The van der Waals surface area contributed by atoms with Crippen molar-refractivity contribution in [3.8, 4) is 5.75 Å². The topological polar surface area (TPSA) is 48.1 Å². The maximum absolute atomic E-state index is 12.8. The molecule has 0 aromatic heterocycles. The van der Waals surface area contributed by atoms with Crippen LogP contribution in [0.4, 0.5) is 21.9 Å². The van der Waals surface area contributed by atoms with Crippen LogP contribution in [0.15, 0.2) is 42.5 Å². The number of anilines is 3. The number of rotatable bonds is 3. The number of hydrogen-bond donors (Lipinski definition) is 1. The minimum absolute atomic E-state index is 0.0508. The van der Waals surface area contributed by atoms with Crippen molar-refractivity contribution in [2.75, 3.05) is 57.1 Å². The molecule has 0 bridgehead atoms. The van der Waals surface area contributed by atoms with Crippen LogP contribution < -0.4 is 15.0 Å². The van der Waals surface area contributed by atoms with Crippen molar-refractivity contribution >= 4 is 23.1 Å². The van der Waals surface area contributed by atoms with Crippen LogP contribution >= 0.6 is 0 Å². The molecule has 2 amide bonds. The molecule has 6 heteroatoms. The minimum Gasteiger partial charge on any atom is -0.497 e. The first kappa shape index (κ1) is 17.7. The third-order valence-electron chi connectivity index (χ3n) is 5.41. The van der Waals surface area contributed by atoms with E-state index in [1.54, 1.807) is 7.11 Å². The van der Waals surface area contributed by atoms with E-state index in [-0.39, 0.29) is 6.03 Å². The number of benzene rings is 2. The van der Waals surface area contributed by atoms with E-state index in [4.69, 9.17) is 4.74 Å². The summed E-state index contributed by atoms with van der Waals surface area (Å²) < 4.78 is 5.39. The number of nitrogens with zero attached hydrogens (tertiary/aromatic N) is 3. The van der Waals surface area contributed by atoms with Crippen LogP contribution in [0.25, 0.3) is 0 Å². The van der Waals surface area contributed by atoms with E-state index in [1.807, 2.05) is 23.1 Å². The number of fused-ring (bicyclic) bond motifs is 1. The highest BCUT2D eigenvalue weighted by molar-refractivity contribution is 5.95. The monoisotopic (exact) mass is 366 g/mol. The third-order valence-corrected chi connectivity index (χ3v) is 5.41. The van der Waals surface area contributed by atoms with Gasteiger partial charge < -0.3 is 24.8 Å². The number of para-hydroxylation sites is 1. The Morgan fingerprint density at radius 3 is 2.56 bits per heavy atom. The normalized spacial score (nSPS) is 17.0. The first-order valence-corrected chi connectivity index (χ1v) is 9.43. The second kappa shape index (κ2) is 7.48. The van der Waals surface area contributed by atoms with E-state index in [1.165, 1.54) is 11.3 Å². The Kier molecular flexibility index (Phi) is 4.90. The lowest BCUT2D eigenvalue weighted by Crippen LogP contribution is -2.48. The van der Waals surface area contributed by atoms with Crippen LogP contribution in [0.3, 0.4) is 0 Å². The van der Waals surface area contributed by atoms with Gasteiger partial charge in [0.2, 0.25) is 0 Å². The van der Waals surface area contributed by atoms with Crippen LogP contribution in [0, 0.1) is 0 Å². The fraction of sp³-hybridized carbons (Fsp3) is 0.381. The van der Waals surface area contributed by atoms with Crippen LogP contribution in [0.2, 0.25) is 0 Å². The Bertz CT molecular complexity index is 831. The summed E-state index contributed by atoms with van der Waals surface area (Å²) >= 11 is 0. The molecular formula is C21H26N4O2. The van der Waals surface area contributed by atoms with Gasteiger partial charge in [0.05, 0.1) is 18.5 Å². The zero-order chi connectivity index (χ0) is 18.8. The molecule has 2 aliphatic rings. The first-order chi connectivity index (χ1) is 13.2. The Morgan fingerprint density at radius 2 is 1.78 bits per heavy atom. The SMILES string of the molecule is COc1ccc(N2CCc3ccccc32)c(NC(=O)N2CCN(C)CC2)c1. The number of carbonyl (C=O) groups excluding carboxylic acids is 1. The molecule has 142 valence electrons. The number of urea groups is 1. The van der Waals surface area contributed by atoms with Crippen molar-refractivity contribution in [3.05, 3.63) is 48.0 Å². The maximum Gasteiger partial charge on any atom is 0.321 e. The standard InChI is InChI=1S/C21H26N4O2/c1-23-11-13-24(14-12-23)21(26)22-18-15-17(27-2)7-8-20(18)25-10-9-16-5-3-4-6-19(16)25/h3-8,15H,9-14H2,1-2H3,(H,22,26). The highest BCUT2D eigenvalue weighted by atomic mass is 16.5. The molecule has 6 nitrogen and oxygen atoms in total. The van der Waals surface area contributed by atoms with Gasteiger partial charge in [0, 0.05) is 44.5 Å². The van der Waals surface area contributed by atoms with Crippen LogP contribution in [0.5, 0.6) is 5.75 Å². The Balaban J connectivity index is 1.61. The van der Waals surface area contributed by atoms with Gasteiger partial charge in [-0.25, -0.2) is 4.79 Å². The molecule has 1 saturated heterocycles. The van der Waals surface area contributed by atoms with Crippen molar-refractivity contribution in [2.45, 2.75) is 6.42 Å². The summed E-state index contributed by atoms with van der Waals surface area (Å²) in [6.07, 6.45) is 1.01. The fourth-order valence-electron chi connectivity index (χ4n) is 3.77. The van der Waals surface area contributed by atoms with Gasteiger partial charge in [-0.1, -0.05) is 18.2 Å². The summed E-state index contributed by atoms with van der Waals surface area (Å²) in [4.78, 5) is 19.2. The summed E-state index contributed by atoms with van der Waals surface area (Å²) in [5.41, 5.74) is 4.33. The molecule has 0 spiro atoms. The number of nitrogens with one attached hydrogen (secondary N) is 1. The molecule has 1 N–H and O–H groups in total. The van der Waals surface area contributed by atoms with Gasteiger partial charge in [0.15, 0.2) is 0 Å². The van der Waals surface area contributed by atoms with Crippen molar-refractivity contribution in [3.63, 3.8) is 0 Å². The van der Waals surface area contributed by atoms with Crippen molar-refractivity contribution in [2.24, 2.45) is 0 Å². The predicted molar refractivity (Wildman–Crippen MR) is 108 cm³/mol. The lowest BCUT2D eigenvalue weighted by atomic mass is 10.1. The maximum atomic E-state index is 12.8. The molecule has 0 aliphatic carbocycles. The number of ether oxygens (including phenoxy) is 1. The summed E-state index contributed by atoms with van der Waals surface area (Å²) in [6, 6.07) is 14.3. The Morgan fingerprint density at radius 1 is 1.00 bits per heavy atom. The number of piperazine rings is 1. The summed E-state index contributed by atoms with van der Waals surface area (Å²) in [5, 5.41) is 3.12. The molecule has 27 heavy (non-hydrogen) atoms. The van der Waals surface area contributed by atoms with E-state index in [0.717, 1.165) is 56.3 Å². The van der Waals surface area contributed by atoms with Gasteiger partial charge in [-0.05, 0) is 37.2 Å². The van der Waals surface area contributed by atoms with Crippen molar-refractivity contribution < 1.29 is 9.53 Å². The quantitative estimate of drug-likeness (QED) is 0.906. The highest BCUT2D eigenvalue weighted by Gasteiger charge is 2.25. The predicted octanol–water partition coefficient (Wildman–Crippen LogP) is 3.17. The van der Waals surface area contributed by atoms with E-state index in [0.29, 0.717) is 0 Å². The van der Waals surface area contributed by atoms with Gasteiger partial charge in [0.25, 0.3) is 0 Å². The lowest BCUT2D eigenvalue weighted by Gasteiger charge is -2.33. The molecule has 2 heterocycles. The molecule has 0 unspecified atom stereocenters. The van der Waals surface area contributed by atoms with Crippen molar-refractivity contribution in [1.82, 2.24) is 9.80 Å². The van der Waals surface area contributed by atoms with Crippen molar-refractivity contribution in [1.29, 1.82) is 0 Å². The number of methoxy groups -OCH3 is 1. The largest absolute Gasteiger partial charge is 0.497 e. The Labute approximate surface area is 160 Å². The average Bonchev–Trinajstić information content (AvgIpc) is 3.12. The molecule has 1 fully saturated rings. The highest BCUT2D eigenvalue weighted by Crippen LogP contribution is 2.39. The van der Waals surface area contributed by atoms with Gasteiger partial charge in [-0.2, -0.15) is 0 Å². The number of amides is 2. The second-order valence-electron chi connectivity index (χ2n) is 7.13. The van der Waals surface area contributed by atoms with E-state index in [9.17, 15) is 4.79 Å². The fourth-order valence-corrected chi connectivity index (χ4v) is 3.77. The van der Waals surface area contributed by atoms with Gasteiger partial charge in [0.1, 0.15) is 5.75 Å². The van der Waals surface area contributed by atoms with E-state index < -0.39 is 0 Å². The lowest BCUT2D eigenvalue weighted by molar-refractivity contribution is 0.164. The molecule has 2 aliphatic heterocycles. The number of likely N-dealkylation sites (N-methyl/N-ethyl adjacent to an activating group) is 1. The molecular weight excluding hydrogens is 340 g/mol. The van der Waals surface area contributed by atoms with Crippen LogP contribution in [-0.2, 0) is 6.42 Å². The number of hydrogen-bond acceptors (Lipinski definition) is 4. The van der Waals surface area contributed by atoms with Gasteiger partial charge >= 0.3 is 6.03 Å².